The van der Waals surface area contributed by atoms with E-state index in [1.54, 1.807) is 0 Å². The number of fused-ring (bicyclic) bond motifs is 1. The lowest BCUT2D eigenvalue weighted by molar-refractivity contribution is -0.119. The first kappa shape index (κ1) is 23.7. The van der Waals surface area contributed by atoms with Crippen LogP contribution in [0.3, 0.4) is 0 Å². The summed E-state index contributed by atoms with van der Waals surface area (Å²) in [6.45, 7) is 4.20. The van der Waals surface area contributed by atoms with Gasteiger partial charge in [0.1, 0.15) is 0 Å². The van der Waals surface area contributed by atoms with E-state index in [-0.39, 0.29) is 11.7 Å². The van der Waals surface area contributed by atoms with Crippen LogP contribution in [0, 0.1) is 0 Å². The lowest BCUT2D eigenvalue weighted by Crippen LogP contribution is -2.55. The van der Waals surface area contributed by atoms with Gasteiger partial charge in [-0.1, -0.05) is 73.0 Å². The van der Waals surface area contributed by atoms with Gasteiger partial charge in [-0.3, -0.25) is 9.59 Å². The van der Waals surface area contributed by atoms with Gasteiger partial charge in [0.25, 0.3) is 0 Å². The number of hydrogen-bond acceptors (Lipinski definition) is 2. The quantitative estimate of drug-likeness (QED) is 0.219. The molecule has 0 N–H and O–H groups in total. The van der Waals surface area contributed by atoms with Gasteiger partial charge in [-0.2, -0.15) is 0 Å². The molecule has 2 nitrogen and oxygen atoms in total. The zero-order valence-electron chi connectivity index (χ0n) is 25.6. The Balaban J connectivity index is 1.40. The van der Waals surface area contributed by atoms with E-state index in [0.29, 0.717) is 5.78 Å². The summed E-state index contributed by atoms with van der Waals surface area (Å²) in [5.41, 5.74) is 16.7. The predicted molar refractivity (Wildman–Crippen MR) is 182 cm³/mol. The first-order chi connectivity index (χ1) is 22.6. The Morgan fingerprint density at radius 2 is 1.63 bits per heavy atom. The molecule has 4 bridgehead atoms. The molecule has 0 fully saturated rings. The molecular formula is C44H30O2. The number of ketones is 2. The zero-order chi connectivity index (χ0) is 30.1. The van der Waals surface area contributed by atoms with Gasteiger partial charge < -0.3 is 0 Å². The summed E-state index contributed by atoms with van der Waals surface area (Å²) < 4.78 is 0. The van der Waals surface area contributed by atoms with Crippen molar-refractivity contribution >= 4 is 50.3 Å². The van der Waals surface area contributed by atoms with Crippen molar-refractivity contribution in [2.45, 2.75) is 73.5 Å². The van der Waals surface area contributed by atoms with Gasteiger partial charge in [0.05, 0.1) is 22.2 Å². The largest absolute Gasteiger partial charge is 0.294 e. The molecule has 0 radical (unpaired) electrons. The lowest BCUT2D eigenvalue weighted by atomic mass is 9.44. The number of hydrogen-bond donors (Lipinski definition) is 0. The Morgan fingerprint density at radius 3 is 2.50 bits per heavy atom. The Hall–Kier alpha value is -4.56. The van der Waals surface area contributed by atoms with Crippen molar-refractivity contribution in [1.82, 2.24) is 0 Å². The number of carbonyl (C=O) groups is 2. The average Bonchev–Trinajstić information content (AvgIpc) is 3.80. The summed E-state index contributed by atoms with van der Waals surface area (Å²) >= 11 is 0. The summed E-state index contributed by atoms with van der Waals surface area (Å²) in [7, 11) is 0. The SMILES string of the molecule is C=CCc1cc2ccc3c4c2c2c1[C@@H]1C(=O)C=C5CCCCCCC6=CC(=O)[C@@]78C(=C3)Cc3cc9cccc%10c9c(c37)C(=C2[C@]648)[C@]5%101. The van der Waals surface area contributed by atoms with Crippen molar-refractivity contribution in [3.63, 3.8) is 0 Å². The van der Waals surface area contributed by atoms with Crippen LogP contribution in [0.25, 0.3) is 38.8 Å². The minimum absolute atomic E-state index is 0.265. The highest BCUT2D eigenvalue weighted by molar-refractivity contribution is 6.33. The average molecular weight is 591 g/mol. The summed E-state index contributed by atoms with van der Waals surface area (Å²) in [5, 5.41) is 5.14. The monoisotopic (exact) mass is 590 g/mol. The minimum Gasteiger partial charge on any atom is -0.294 e. The van der Waals surface area contributed by atoms with E-state index in [1.807, 2.05) is 6.08 Å². The van der Waals surface area contributed by atoms with E-state index in [2.05, 4.69) is 67.3 Å². The summed E-state index contributed by atoms with van der Waals surface area (Å²) in [5.74, 6) is 0.276. The molecule has 46 heavy (non-hydrogen) atoms. The van der Waals surface area contributed by atoms with Gasteiger partial charge in [0.2, 0.25) is 0 Å². The molecule has 0 unspecified atom stereocenters. The fraction of sp³-hybridized carbons (Fsp3) is 0.273. The molecule has 0 saturated carbocycles. The lowest BCUT2D eigenvalue weighted by Gasteiger charge is -2.55. The van der Waals surface area contributed by atoms with E-state index in [0.717, 1.165) is 51.4 Å². The van der Waals surface area contributed by atoms with Gasteiger partial charge >= 0.3 is 0 Å². The van der Waals surface area contributed by atoms with Crippen molar-refractivity contribution in [2.75, 3.05) is 0 Å². The van der Waals surface area contributed by atoms with Crippen molar-refractivity contribution < 1.29 is 9.59 Å². The Morgan fingerprint density at radius 1 is 0.783 bits per heavy atom. The Kier molecular flexibility index (Phi) is 3.56. The molecule has 9 aliphatic carbocycles. The highest BCUT2D eigenvalue weighted by Gasteiger charge is 2.78. The molecule has 0 amide bonds. The third kappa shape index (κ3) is 1.89. The molecule has 0 aliphatic heterocycles. The first-order valence-electron chi connectivity index (χ1n) is 17.4. The van der Waals surface area contributed by atoms with Crippen LogP contribution in [-0.2, 0) is 38.7 Å². The highest BCUT2D eigenvalue weighted by atomic mass is 16.1. The topological polar surface area (TPSA) is 34.1 Å². The van der Waals surface area contributed by atoms with Crippen molar-refractivity contribution in [3.8, 4) is 0 Å². The molecule has 2 heteroatoms. The van der Waals surface area contributed by atoms with Crippen molar-refractivity contribution in [3.05, 3.63) is 134 Å². The summed E-state index contributed by atoms with van der Waals surface area (Å²) in [6.07, 6.45) is 16.6. The number of allylic oxidation sites excluding steroid dienone is 8. The molecular weight excluding hydrogens is 560 g/mol. The molecule has 0 aromatic heterocycles. The Bertz CT molecular complexity index is 2550. The molecule has 9 aliphatic rings. The predicted octanol–water partition coefficient (Wildman–Crippen LogP) is 8.81. The first-order valence-corrected chi connectivity index (χ1v) is 17.4. The van der Waals surface area contributed by atoms with Crippen molar-refractivity contribution in [1.29, 1.82) is 0 Å². The van der Waals surface area contributed by atoms with Crippen LogP contribution in [0.5, 0.6) is 0 Å². The van der Waals surface area contributed by atoms with Gasteiger partial charge in [-0.25, -0.2) is 0 Å². The fourth-order valence-electron chi connectivity index (χ4n) is 13.3. The molecule has 4 atom stereocenters. The Labute approximate surface area is 266 Å². The molecule has 0 heterocycles. The van der Waals surface area contributed by atoms with Crippen LogP contribution in [0.4, 0.5) is 0 Å². The van der Waals surface area contributed by atoms with Gasteiger partial charge in [-0.05, 0) is 145 Å². The number of benzene rings is 4. The van der Waals surface area contributed by atoms with Crippen LogP contribution in [0.1, 0.15) is 94.5 Å². The molecule has 3 spiro atoms. The van der Waals surface area contributed by atoms with E-state index in [1.165, 1.54) is 99.5 Å². The van der Waals surface area contributed by atoms with Gasteiger partial charge in [-0.15, -0.1) is 6.58 Å². The zero-order valence-corrected chi connectivity index (χ0v) is 25.6. The molecule has 218 valence electrons. The normalized spacial score (nSPS) is 31.9. The van der Waals surface area contributed by atoms with Crippen LogP contribution in [-0.4, -0.2) is 11.6 Å². The van der Waals surface area contributed by atoms with Crippen LogP contribution < -0.4 is 0 Å². The maximum absolute atomic E-state index is 15.3. The van der Waals surface area contributed by atoms with Crippen LogP contribution in [0.2, 0.25) is 0 Å². The third-order valence-electron chi connectivity index (χ3n) is 14.2. The van der Waals surface area contributed by atoms with Crippen LogP contribution >= 0.6 is 0 Å². The molecule has 13 rings (SSSR count). The molecule has 0 saturated heterocycles. The fourth-order valence-corrected chi connectivity index (χ4v) is 13.3. The maximum Gasteiger partial charge on any atom is 0.171 e. The maximum atomic E-state index is 15.3. The van der Waals surface area contributed by atoms with E-state index >= 15 is 4.79 Å². The summed E-state index contributed by atoms with van der Waals surface area (Å²) in [4.78, 5) is 30.2. The van der Waals surface area contributed by atoms with E-state index < -0.39 is 16.2 Å². The van der Waals surface area contributed by atoms with Gasteiger partial charge in [0, 0.05) is 0 Å². The van der Waals surface area contributed by atoms with E-state index in [9.17, 15) is 4.79 Å². The molecule has 4 aromatic carbocycles. The minimum atomic E-state index is -0.724. The van der Waals surface area contributed by atoms with Gasteiger partial charge in [0.15, 0.2) is 11.6 Å². The smallest absolute Gasteiger partial charge is 0.171 e. The molecule has 4 aromatic rings. The summed E-state index contributed by atoms with van der Waals surface area (Å²) in [6, 6.07) is 16.3. The standard InChI is InChI=1S/C44H30O2/c1-2-8-21-15-23-13-14-24-17-28-18-25-16-22-9-7-12-29-32(22)36-38(25)43(28)31(46)20-27-11-6-4-3-5-10-26-19-30(45)39-34(21)35-33(23)37(24)44(27,43)41(35)40(36)42(26,29)39/h2,7,9,12-17,19-20,39H,1,3-6,8,10-11,18H2/t39-,42+,43-,44-/m0/s1. The third-order valence-corrected chi connectivity index (χ3v) is 14.2. The van der Waals surface area contributed by atoms with Crippen molar-refractivity contribution in [2.24, 2.45) is 0 Å². The second kappa shape index (κ2) is 6.91. The second-order valence-corrected chi connectivity index (χ2v) is 15.5. The van der Waals surface area contributed by atoms with E-state index in [4.69, 9.17) is 0 Å². The second-order valence-electron chi connectivity index (χ2n) is 15.5. The highest BCUT2D eigenvalue weighted by Crippen LogP contribution is 2.83. The number of rotatable bonds is 2. The number of carbonyl (C=O) groups excluding carboxylic acids is 2. The van der Waals surface area contributed by atoms with Crippen LogP contribution in [0.15, 0.2) is 84.0 Å².